The van der Waals surface area contributed by atoms with Crippen LogP contribution in [-0.2, 0) is 5.54 Å². The Labute approximate surface area is 143 Å². The van der Waals surface area contributed by atoms with Crippen molar-refractivity contribution in [2.45, 2.75) is 19.4 Å². The molecule has 0 atom stereocenters. The van der Waals surface area contributed by atoms with Gasteiger partial charge in [-0.05, 0) is 38.1 Å². The van der Waals surface area contributed by atoms with E-state index in [1.54, 1.807) is 13.8 Å². The van der Waals surface area contributed by atoms with E-state index in [-0.39, 0.29) is 5.91 Å². The molecule has 0 saturated carbocycles. The average molecular weight is 353 g/mol. The summed E-state index contributed by atoms with van der Waals surface area (Å²) in [6.07, 6.45) is 2.56. The molecular weight excluding hydrogens is 339 g/mol. The van der Waals surface area contributed by atoms with Crippen molar-refractivity contribution in [3.05, 3.63) is 58.4 Å². The topological polar surface area (TPSA) is 76.9 Å². The van der Waals surface area contributed by atoms with Crippen molar-refractivity contribution in [3.63, 3.8) is 0 Å². The van der Waals surface area contributed by atoms with Crippen molar-refractivity contribution in [1.29, 1.82) is 0 Å². The second-order valence-corrected chi connectivity index (χ2v) is 6.20. The van der Waals surface area contributed by atoms with Crippen LogP contribution in [0.3, 0.4) is 0 Å². The highest BCUT2D eigenvalue weighted by Gasteiger charge is 2.27. The number of carbonyl (C=O) groups excluding carboxylic acids is 2. The van der Waals surface area contributed by atoms with Gasteiger partial charge in [0.1, 0.15) is 5.69 Å². The summed E-state index contributed by atoms with van der Waals surface area (Å²) in [6, 6.07) is 4.56. The Bertz CT molecular complexity index is 763. The third-order valence-electron chi connectivity index (χ3n) is 3.08. The predicted octanol–water partition coefficient (Wildman–Crippen LogP) is 3.08. The van der Waals surface area contributed by atoms with Crippen molar-refractivity contribution in [2.24, 2.45) is 0 Å². The normalized spacial score (nSPS) is 11.1. The van der Waals surface area contributed by atoms with Gasteiger partial charge in [-0.2, -0.15) is 4.68 Å². The van der Waals surface area contributed by atoms with Gasteiger partial charge in [0, 0.05) is 15.6 Å². The van der Waals surface area contributed by atoms with Crippen LogP contribution in [0.5, 0.6) is 0 Å². The molecule has 1 amide bonds. The van der Waals surface area contributed by atoms with E-state index in [4.69, 9.17) is 23.2 Å². The second-order valence-electron chi connectivity index (χ2n) is 5.33. The quantitative estimate of drug-likeness (QED) is 0.857. The first-order valence-electron chi connectivity index (χ1n) is 6.61. The molecule has 8 heteroatoms. The van der Waals surface area contributed by atoms with Crippen molar-refractivity contribution >= 4 is 35.0 Å². The third kappa shape index (κ3) is 3.97. The number of allylic oxidation sites excluding steroid dienone is 1. The van der Waals surface area contributed by atoms with Gasteiger partial charge in [-0.15, -0.1) is 5.10 Å². The highest BCUT2D eigenvalue weighted by atomic mass is 35.5. The number of benzene rings is 1. The smallest absolute Gasteiger partial charge is 0.271 e. The molecule has 0 aliphatic carbocycles. The van der Waals surface area contributed by atoms with Gasteiger partial charge in [-0.3, -0.25) is 9.59 Å². The van der Waals surface area contributed by atoms with Crippen molar-refractivity contribution in [3.8, 4) is 0 Å². The fourth-order valence-corrected chi connectivity index (χ4v) is 2.38. The monoisotopic (exact) mass is 352 g/mol. The number of rotatable bonds is 4. The number of nitrogens with one attached hydrogen (secondary N) is 1. The summed E-state index contributed by atoms with van der Waals surface area (Å²) in [5, 5.41) is 11.2. The Morgan fingerprint density at radius 3 is 2.43 bits per heavy atom. The Hall–Kier alpha value is -2.18. The Balaban J connectivity index is 2.23. The standard InChI is InChI=1S/C15H14Cl2N4O2/c1-4-13(22)21-8-12(19-20-21)15(2,3)18-14(23)9-5-10(16)7-11(17)6-9/h4-8H,1H2,2-3H3,(H,18,23). The number of amides is 1. The van der Waals surface area contributed by atoms with E-state index in [1.165, 1.54) is 24.4 Å². The molecule has 2 rings (SSSR count). The molecule has 1 aromatic heterocycles. The lowest BCUT2D eigenvalue weighted by atomic mass is 10.0. The molecule has 6 nitrogen and oxygen atoms in total. The van der Waals surface area contributed by atoms with E-state index >= 15 is 0 Å². The predicted molar refractivity (Wildman–Crippen MR) is 87.8 cm³/mol. The molecule has 0 spiro atoms. The number of hydrogen-bond donors (Lipinski definition) is 1. The summed E-state index contributed by atoms with van der Waals surface area (Å²) in [5.74, 6) is -0.781. The third-order valence-corrected chi connectivity index (χ3v) is 3.52. The minimum atomic E-state index is -0.856. The summed E-state index contributed by atoms with van der Waals surface area (Å²) >= 11 is 11.8. The summed E-state index contributed by atoms with van der Waals surface area (Å²) in [5.41, 5.74) is -0.106. The van der Waals surface area contributed by atoms with E-state index in [0.29, 0.717) is 21.3 Å². The van der Waals surface area contributed by atoms with Crippen LogP contribution in [0.15, 0.2) is 37.1 Å². The number of aromatic nitrogens is 3. The fourth-order valence-electron chi connectivity index (χ4n) is 1.86. The zero-order valence-corrected chi connectivity index (χ0v) is 14.0. The van der Waals surface area contributed by atoms with E-state index in [0.717, 1.165) is 10.8 Å². The first kappa shape index (κ1) is 17.2. The van der Waals surface area contributed by atoms with Gasteiger partial charge in [-0.1, -0.05) is 35.0 Å². The van der Waals surface area contributed by atoms with Gasteiger partial charge in [0.2, 0.25) is 0 Å². The van der Waals surface area contributed by atoms with Gasteiger partial charge in [-0.25, -0.2) is 0 Å². The summed E-state index contributed by atoms with van der Waals surface area (Å²) in [7, 11) is 0. The zero-order valence-electron chi connectivity index (χ0n) is 12.5. The molecule has 1 N–H and O–H groups in total. The summed E-state index contributed by atoms with van der Waals surface area (Å²) < 4.78 is 1.05. The van der Waals surface area contributed by atoms with Gasteiger partial charge in [0.25, 0.3) is 11.8 Å². The zero-order chi connectivity index (χ0) is 17.2. The molecule has 120 valence electrons. The van der Waals surface area contributed by atoms with E-state index < -0.39 is 11.4 Å². The molecule has 1 aromatic carbocycles. The maximum Gasteiger partial charge on any atom is 0.271 e. The van der Waals surface area contributed by atoms with Gasteiger partial charge in [0.15, 0.2) is 0 Å². The minimum absolute atomic E-state index is 0.324. The largest absolute Gasteiger partial charge is 0.341 e. The van der Waals surface area contributed by atoms with Crippen LogP contribution in [0.25, 0.3) is 0 Å². The first-order valence-corrected chi connectivity index (χ1v) is 7.37. The van der Waals surface area contributed by atoms with Crippen LogP contribution < -0.4 is 5.32 Å². The van der Waals surface area contributed by atoms with Crippen LogP contribution in [-0.4, -0.2) is 26.8 Å². The van der Waals surface area contributed by atoms with Crippen LogP contribution in [0.1, 0.15) is 34.7 Å². The van der Waals surface area contributed by atoms with Gasteiger partial charge in [0.05, 0.1) is 11.7 Å². The molecule has 0 fully saturated rings. The maximum absolute atomic E-state index is 12.4. The van der Waals surface area contributed by atoms with Gasteiger partial charge < -0.3 is 5.32 Å². The molecule has 0 bridgehead atoms. The lowest BCUT2D eigenvalue weighted by Gasteiger charge is -2.23. The van der Waals surface area contributed by atoms with Crippen molar-refractivity contribution < 1.29 is 9.59 Å². The molecule has 0 radical (unpaired) electrons. The van der Waals surface area contributed by atoms with E-state index in [1.807, 2.05) is 0 Å². The maximum atomic E-state index is 12.4. The van der Waals surface area contributed by atoms with Crippen molar-refractivity contribution in [2.75, 3.05) is 0 Å². The Kier molecular flexibility index (Phi) is 4.87. The van der Waals surface area contributed by atoms with Crippen LogP contribution >= 0.6 is 23.2 Å². The first-order chi connectivity index (χ1) is 10.7. The number of hydrogen-bond acceptors (Lipinski definition) is 4. The molecule has 0 aliphatic heterocycles. The van der Waals surface area contributed by atoms with Crippen LogP contribution in [0.4, 0.5) is 0 Å². The molecule has 1 heterocycles. The highest BCUT2D eigenvalue weighted by molar-refractivity contribution is 6.35. The number of halogens is 2. The van der Waals surface area contributed by atoms with E-state index in [9.17, 15) is 9.59 Å². The second kappa shape index (κ2) is 6.52. The fraction of sp³-hybridized carbons (Fsp3) is 0.200. The van der Waals surface area contributed by atoms with E-state index in [2.05, 4.69) is 22.2 Å². The number of carbonyl (C=O) groups is 2. The lowest BCUT2D eigenvalue weighted by Crippen LogP contribution is -2.41. The Morgan fingerprint density at radius 1 is 1.26 bits per heavy atom. The SMILES string of the molecule is C=CC(=O)n1cc(C(C)(C)NC(=O)c2cc(Cl)cc(Cl)c2)nn1. The van der Waals surface area contributed by atoms with Gasteiger partial charge >= 0.3 is 0 Å². The summed E-state index contributed by atoms with van der Waals surface area (Å²) in [4.78, 5) is 23.9. The molecule has 0 aliphatic rings. The Morgan fingerprint density at radius 2 is 1.87 bits per heavy atom. The lowest BCUT2D eigenvalue weighted by molar-refractivity contribution is 0.0909. The summed E-state index contributed by atoms with van der Waals surface area (Å²) in [6.45, 7) is 6.86. The molecule has 23 heavy (non-hydrogen) atoms. The van der Waals surface area contributed by atoms with Crippen LogP contribution in [0, 0.1) is 0 Å². The molecule has 2 aromatic rings. The minimum Gasteiger partial charge on any atom is -0.341 e. The molecule has 0 unspecified atom stereocenters. The molecular formula is C15H14Cl2N4O2. The average Bonchev–Trinajstić information content (AvgIpc) is 2.95. The highest BCUT2D eigenvalue weighted by Crippen LogP contribution is 2.22. The molecule has 0 saturated heterocycles. The van der Waals surface area contributed by atoms with Crippen LogP contribution in [0.2, 0.25) is 10.0 Å². The van der Waals surface area contributed by atoms with Crippen molar-refractivity contribution in [1.82, 2.24) is 20.3 Å². The number of nitrogens with zero attached hydrogens (tertiary/aromatic N) is 3.